The third kappa shape index (κ3) is 3.71. The van der Waals surface area contributed by atoms with Gasteiger partial charge in [0.25, 0.3) is 0 Å². The summed E-state index contributed by atoms with van der Waals surface area (Å²) in [5.74, 6) is -0.0423. The molecule has 0 spiro atoms. The number of hydrogen-bond donors (Lipinski definition) is 1. The van der Waals surface area contributed by atoms with E-state index in [-0.39, 0.29) is 11.7 Å². The van der Waals surface area contributed by atoms with Crippen molar-refractivity contribution >= 4 is 39.0 Å². The van der Waals surface area contributed by atoms with E-state index >= 15 is 0 Å². The summed E-state index contributed by atoms with van der Waals surface area (Å²) < 4.78 is 0.893. The number of alkyl halides is 1. The summed E-state index contributed by atoms with van der Waals surface area (Å²) >= 11 is 9.05. The first-order valence-electron chi connectivity index (χ1n) is 6.44. The Morgan fingerprint density at radius 1 is 1.58 bits per heavy atom. The van der Waals surface area contributed by atoms with Gasteiger partial charge < -0.3 is 10.2 Å². The van der Waals surface area contributed by atoms with Crippen LogP contribution >= 0.6 is 27.5 Å². The van der Waals surface area contributed by atoms with E-state index in [2.05, 4.69) is 33.2 Å². The highest BCUT2D eigenvalue weighted by molar-refractivity contribution is 9.10. The van der Waals surface area contributed by atoms with E-state index in [9.17, 15) is 4.79 Å². The van der Waals surface area contributed by atoms with E-state index in [4.69, 9.17) is 11.6 Å². The maximum atomic E-state index is 11.8. The quantitative estimate of drug-likeness (QED) is 0.656. The van der Waals surface area contributed by atoms with Crippen LogP contribution in [-0.2, 0) is 0 Å². The Morgan fingerprint density at radius 3 is 3.00 bits per heavy atom. The summed E-state index contributed by atoms with van der Waals surface area (Å²) in [6.45, 7) is 2.01. The summed E-state index contributed by atoms with van der Waals surface area (Å²) in [6.07, 6.45) is 2.45. The van der Waals surface area contributed by atoms with Crippen LogP contribution in [0.15, 0.2) is 22.7 Å². The van der Waals surface area contributed by atoms with E-state index < -0.39 is 0 Å². The number of halogens is 2. The molecule has 0 unspecified atom stereocenters. The van der Waals surface area contributed by atoms with Crippen molar-refractivity contribution in [2.24, 2.45) is 0 Å². The maximum absolute atomic E-state index is 11.8. The largest absolute Gasteiger partial charge is 0.383 e. The molecule has 0 aliphatic carbocycles. The number of anilines is 1. The molecule has 1 aliphatic rings. The zero-order chi connectivity index (χ0) is 13.8. The van der Waals surface area contributed by atoms with Crippen molar-refractivity contribution in [3.8, 4) is 0 Å². The summed E-state index contributed by atoms with van der Waals surface area (Å²) in [7, 11) is 2.14. The summed E-state index contributed by atoms with van der Waals surface area (Å²) in [5, 5.41) is 3.39. The summed E-state index contributed by atoms with van der Waals surface area (Å²) in [5.41, 5.74) is 1.53. The van der Waals surface area contributed by atoms with Crippen molar-refractivity contribution in [2.75, 3.05) is 31.3 Å². The van der Waals surface area contributed by atoms with E-state index in [1.54, 1.807) is 0 Å². The molecular weight excluding hydrogens is 328 g/mol. The Morgan fingerprint density at radius 2 is 2.37 bits per heavy atom. The van der Waals surface area contributed by atoms with Crippen molar-refractivity contribution in [1.82, 2.24) is 4.90 Å². The molecule has 1 fully saturated rings. The fourth-order valence-electron chi connectivity index (χ4n) is 2.44. The molecule has 104 valence electrons. The van der Waals surface area contributed by atoms with Crippen molar-refractivity contribution in [1.29, 1.82) is 0 Å². The number of rotatable bonds is 5. The Labute approximate surface area is 127 Å². The topological polar surface area (TPSA) is 32.3 Å². The SMILES string of the molecule is CN1CCC[C@H]1CNc1ccc(Br)cc1C(=O)CCl. The third-order valence-corrected chi connectivity index (χ3v) is 4.34. The van der Waals surface area contributed by atoms with Gasteiger partial charge in [0.05, 0.1) is 5.88 Å². The fourth-order valence-corrected chi connectivity index (χ4v) is 2.94. The first-order chi connectivity index (χ1) is 9.11. The van der Waals surface area contributed by atoms with Crippen molar-refractivity contribution in [3.05, 3.63) is 28.2 Å². The van der Waals surface area contributed by atoms with Gasteiger partial charge in [-0.3, -0.25) is 4.79 Å². The molecule has 2 rings (SSSR count). The van der Waals surface area contributed by atoms with Gasteiger partial charge in [0.15, 0.2) is 5.78 Å². The van der Waals surface area contributed by atoms with E-state index in [0.717, 1.165) is 23.2 Å². The zero-order valence-electron chi connectivity index (χ0n) is 11.0. The van der Waals surface area contributed by atoms with Gasteiger partial charge in [0.1, 0.15) is 0 Å². The zero-order valence-corrected chi connectivity index (χ0v) is 13.3. The fraction of sp³-hybridized carbons (Fsp3) is 0.500. The number of nitrogens with one attached hydrogen (secondary N) is 1. The molecule has 1 aromatic carbocycles. The second kappa shape index (κ2) is 6.73. The Bertz CT molecular complexity index is 467. The molecule has 3 nitrogen and oxygen atoms in total. The minimum Gasteiger partial charge on any atom is -0.383 e. The number of likely N-dealkylation sites (N-methyl/N-ethyl adjacent to an activating group) is 1. The first-order valence-corrected chi connectivity index (χ1v) is 7.77. The van der Waals surface area contributed by atoms with Gasteiger partial charge >= 0.3 is 0 Å². The predicted molar refractivity (Wildman–Crippen MR) is 83.3 cm³/mol. The minimum atomic E-state index is -0.0507. The maximum Gasteiger partial charge on any atom is 0.179 e. The lowest BCUT2D eigenvalue weighted by atomic mass is 10.1. The normalized spacial score (nSPS) is 19.6. The van der Waals surface area contributed by atoms with E-state index in [0.29, 0.717) is 11.6 Å². The lowest BCUT2D eigenvalue weighted by Crippen LogP contribution is -2.31. The van der Waals surface area contributed by atoms with Crippen LogP contribution in [0.2, 0.25) is 0 Å². The molecule has 1 aromatic rings. The molecule has 1 atom stereocenters. The van der Waals surface area contributed by atoms with Crippen LogP contribution in [0.25, 0.3) is 0 Å². The number of likely N-dealkylation sites (tertiary alicyclic amines) is 1. The van der Waals surface area contributed by atoms with Crippen molar-refractivity contribution < 1.29 is 4.79 Å². The number of Topliss-reactive ketones (excluding diaryl/α,β-unsaturated/α-hetero) is 1. The van der Waals surface area contributed by atoms with Gasteiger partial charge in [-0.15, -0.1) is 11.6 Å². The minimum absolute atomic E-state index is 0.00840. The number of nitrogens with zero attached hydrogens (tertiary/aromatic N) is 1. The van der Waals surface area contributed by atoms with Gasteiger partial charge in [0, 0.05) is 28.3 Å². The standard InChI is InChI=1S/C14H18BrClN2O/c1-18-6-2-3-11(18)9-17-13-5-4-10(15)7-12(13)14(19)8-16/h4-5,7,11,17H,2-3,6,8-9H2,1H3/t11-/m0/s1. The van der Waals surface area contributed by atoms with Gasteiger partial charge in [0.2, 0.25) is 0 Å². The molecule has 1 aliphatic heterocycles. The van der Waals surface area contributed by atoms with Crippen LogP contribution in [0, 0.1) is 0 Å². The average molecular weight is 346 g/mol. The molecule has 1 saturated heterocycles. The third-order valence-electron chi connectivity index (χ3n) is 3.60. The van der Waals surface area contributed by atoms with Crippen LogP contribution in [-0.4, -0.2) is 42.7 Å². The molecule has 1 N–H and O–H groups in total. The van der Waals surface area contributed by atoms with Gasteiger partial charge in [-0.25, -0.2) is 0 Å². The Kier molecular flexibility index (Phi) is 5.25. The van der Waals surface area contributed by atoms with E-state index in [1.165, 1.54) is 12.8 Å². The average Bonchev–Trinajstić information content (AvgIpc) is 2.82. The Balaban J connectivity index is 2.08. The highest BCUT2D eigenvalue weighted by Crippen LogP contribution is 2.23. The second-order valence-corrected chi connectivity index (χ2v) is 6.09. The van der Waals surface area contributed by atoms with E-state index in [1.807, 2.05) is 18.2 Å². The van der Waals surface area contributed by atoms with Crippen LogP contribution < -0.4 is 5.32 Å². The monoisotopic (exact) mass is 344 g/mol. The molecule has 5 heteroatoms. The first kappa shape index (κ1) is 14.8. The van der Waals surface area contributed by atoms with Gasteiger partial charge in [-0.05, 0) is 44.6 Å². The molecule has 0 bridgehead atoms. The van der Waals surface area contributed by atoms with Crippen LogP contribution in [0.4, 0.5) is 5.69 Å². The lowest BCUT2D eigenvalue weighted by Gasteiger charge is -2.21. The predicted octanol–water partition coefficient (Wildman–Crippen LogP) is 3.38. The Hall–Kier alpha value is -0.580. The molecule has 0 amide bonds. The number of carbonyl (C=O) groups excluding carboxylic acids is 1. The molecule has 19 heavy (non-hydrogen) atoms. The van der Waals surface area contributed by atoms with Crippen LogP contribution in [0.3, 0.4) is 0 Å². The highest BCUT2D eigenvalue weighted by Gasteiger charge is 2.21. The molecular formula is C14H18BrClN2O. The van der Waals surface area contributed by atoms with Gasteiger partial charge in [-0.1, -0.05) is 15.9 Å². The van der Waals surface area contributed by atoms with Crippen molar-refractivity contribution in [3.63, 3.8) is 0 Å². The number of benzene rings is 1. The number of ketones is 1. The van der Waals surface area contributed by atoms with Crippen LogP contribution in [0.5, 0.6) is 0 Å². The smallest absolute Gasteiger partial charge is 0.179 e. The number of hydrogen-bond acceptors (Lipinski definition) is 3. The lowest BCUT2D eigenvalue weighted by molar-refractivity contribution is 0.102. The van der Waals surface area contributed by atoms with Crippen LogP contribution in [0.1, 0.15) is 23.2 Å². The summed E-state index contributed by atoms with van der Waals surface area (Å²) in [4.78, 5) is 14.2. The van der Waals surface area contributed by atoms with Gasteiger partial charge in [-0.2, -0.15) is 0 Å². The summed E-state index contributed by atoms with van der Waals surface area (Å²) in [6, 6.07) is 6.23. The molecule has 0 aromatic heterocycles. The van der Waals surface area contributed by atoms with Crippen molar-refractivity contribution in [2.45, 2.75) is 18.9 Å². The molecule has 0 saturated carbocycles. The molecule has 1 heterocycles. The highest BCUT2D eigenvalue weighted by atomic mass is 79.9. The number of carbonyl (C=O) groups is 1. The molecule has 0 radical (unpaired) electrons. The second-order valence-electron chi connectivity index (χ2n) is 4.90.